The first-order valence-electron chi connectivity index (χ1n) is 10.5. The minimum atomic E-state index is -1.37. The molecule has 0 spiro atoms. The van der Waals surface area contributed by atoms with Crippen molar-refractivity contribution in [3.8, 4) is 5.75 Å². The first kappa shape index (κ1) is 27.6. The quantitative estimate of drug-likeness (QED) is 0.398. The van der Waals surface area contributed by atoms with Gasteiger partial charge < -0.3 is 25.3 Å². The number of aliphatic hydroxyl groups excluding tert-OH is 1. The summed E-state index contributed by atoms with van der Waals surface area (Å²) in [5, 5.41) is 19.7. The summed E-state index contributed by atoms with van der Waals surface area (Å²) in [6.45, 7) is 3.92. The highest BCUT2D eigenvalue weighted by Gasteiger charge is 2.23. The lowest BCUT2D eigenvalue weighted by molar-refractivity contribution is 0.0694. The van der Waals surface area contributed by atoms with Crippen LogP contribution in [0.5, 0.6) is 5.75 Å². The molecular weight excluding hydrogens is 486 g/mol. The summed E-state index contributed by atoms with van der Waals surface area (Å²) in [6.07, 6.45) is 1.31. The third kappa shape index (κ3) is 5.52. The minimum absolute atomic E-state index is 0. The van der Waals surface area contributed by atoms with Gasteiger partial charge in [0, 0.05) is 30.6 Å². The molecule has 0 aliphatic rings. The molecule has 0 radical (unpaired) electrons. The Kier molecular flexibility index (Phi) is 9.46. The summed E-state index contributed by atoms with van der Waals surface area (Å²) in [6, 6.07) is 7.27. The van der Waals surface area contributed by atoms with E-state index in [2.05, 4.69) is 0 Å². The van der Waals surface area contributed by atoms with Gasteiger partial charge in [0.25, 0.3) is 0 Å². The van der Waals surface area contributed by atoms with Crippen molar-refractivity contribution in [2.75, 3.05) is 19.8 Å². The highest BCUT2D eigenvalue weighted by Crippen LogP contribution is 2.31. The number of rotatable bonds is 9. The normalized spacial score (nSPS) is 12.0. The predicted molar refractivity (Wildman–Crippen MR) is 132 cm³/mol. The van der Waals surface area contributed by atoms with Crippen molar-refractivity contribution in [3.05, 3.63) is 74.3 Å². The minimum Gasteiger partial charge on any atom is -0.492 e. The molecule has 0 fully saturated rings. The Morgan fingerprint density at radius 3 is 2.56 bits per heavy atom. The van der Waals surface area contributed by atoms with Gasteiger partial charge in [0.15, 0.2) is 0 Å². The van der Waals surface area contributed by atoms with E-state index in [-0.39, 0.29) is 54.9 Å². The summed E-state index contributed by atoms with van der Waals surface area (Å²) in [5.41, 5.74) is 5.68. The van der Waals surface area contributed by atoms with E-state index >= 15 is 0 Å². The first-order chi connectivity index (χ1) is 15.7. The number of fused-ring (bicyclic) bond motifs is 1. The lowest BCUT2D eigenvalue weighted by atomic mass is 9.98. The summed E-state index contributed by atoms with van der Waals surface area (Å²) in [7, 11) is 0. The topological polar surface area (TPSA) is 115 Å². The van der Waals surface area contributed by atoms with E-state index in [0.717, 1.165) is 0 Å². The number of aromatic carboxylic acids is 1. The van der Waals surface area contributed by atoms with Crippen molar-refractivity contribution in [3.63, 3.8) is 0 Å². The zero-order valence-electron chi connectivity index (χ0n) is 18.8. The maximum atomic E-state index is 14.6. The molecule has 3 rings (SSSR count). The van der Waals surface area contributed by atoms with Crippen LogP contribution < -0.4 is 15.9 Å². The van der Waals surface area contributed by atoms with E-state index in [4.69, 9.17) is 22.1 Å². The molecule has 0 amide bonds. The number of carboxylic acid groups (broad SMARTS) is 1. The third-order valence-corrected chi connectivity index (χ3v) is 5.84. The van der Waals surface area contributed by atoms with Crippen molar-refractivity contribution >= 4 is 40.9 Å². The second-order valence-electron chi connectivity index (χ2n) is 8.08. The molecule has 0 bridgehead atoms. The van der Waals surface area contributed by atoms with Crippen LogP contribution >= 0.6 is 24.0 Å². The number of aromatic nitrogens is 1. The van der Waals surface area contributed by atoms with Gasteiger partial charge in [-0.15, -0.1) is 12.4 Å². The number of hydrogen-bond donors (Lipinski definition) is 3. The van der Waals surface area contributed by atoms with E-state index in [0.29, 0.717) is 22.4 Å². The maximum absolute atomic E-state index is 14.6. The number of pyridine rings is 1. The third-order valence-electron chi connectivity index (χ3n) is 5.55. The molecule has 7 nitrogen and oxygen atoms in total. The van der Waals surface area contributed by atoms with Gasteiger partial charge in [-0.3, -0.25) is 4.79 Å². The Morgan fingerprint density at radius 2 is 1.97 bits per heavy atom. The molecule has 10 heteroatoms. The summed E-state index contributed by atoms with van der Waals surface area (Å²) in [4.78, 5) is 24.8. The average Bonchev–Trinajstić information content (AvgIpc) is 2.77. The number of nitrogens with zero attached hydrogens (tertiary/aromatic N) is 1. The number of hydrogen-bond acceptors (Lipinski definition) is 5. The van der Waals surface area contributed by atoms with Gasteiger partial charge in [-0.25, -0.2) is 9.18 Å². The van der Waals surface area contributed by atoms with Gasteiger partial charge in [0.1, 0.15) is 23.7 Å². The molecule has 1 atom stereocenters. The molecule has 0 aliphatic carbocycles. The van der Waals surface area contributed by atoms with Gasteiger partial charge in [0.05, 0.1) is 23.2 Å². The maximum Gasteiger partial charge on any atom is 0.341 e. The van der Waals surface area contributed by atoms with Crippen molar-refractivity contribution < 1.29 is 24.1 Å². The molecular formula is C24H27Cl2FN2O5. The number of carbonyl (C=O) groups is 1. The molecule has 184 valence electrons. The van der Waals surface area contributed by atoms with E-state index in [1.54, 1.807) is 22.8 Å². The summed E-state index contributed by atoms with van der Waals surface area (Å²) < 4.78 is 22.0. The molecule has 3 aromatic rings. The second-order valence-corrected chi connectivity index (χ2v) is 8.49. The van der Waals surface area contributed by atoms with Crippen LogP contribution in [0.1, 0.15) is 41.4 Å². The lowest BCUT2D eigenvalue weighted by Crippen LogP contribution is -2.25. The molecule has 34 heavy (non-hydrogen) atoms. The number of carboxylic acids is 1. The Morgan fingerprint density at radius 1 is 1.26 bits per heavy atom. The molecule has 4 N–H and O–H groups in total. The van der Waals surface area contributed by atoms with E-state index < -0.39 is 28.8 Å². The van der Waals surface area contributed by atoms with Crippen LogP contribution in [0.4, 0.5) is 4.39 Å². The number of aliphatic hydroxyl groups is 1. The van der Waals surface area contributed by atoms with E-state index in [1.165, 1.54) is 18.3 Å². The molecule has 1 aromatic heterocycles. The van der Waals surface area contributed by atoms with Gasteiger partial charge >= 0.3 is 5.97 Å². The molecule has 0 aliphatic heterocycles. The molecule has 1 heterocycles. The predicted octanol–water partition coefficient (Wildman–Crippen LogP) is 4.03. The Hall–Kier alpha value is -2.65. The van der Waals surface area contributed by atoms with Crippen molar-refractivity contribution in [1.29, 1.82) is 0 Å². The fraction of sp³-hybridized carbons (Fsp3) is 0.333. The number of nitrogens with two attached hydrogens (primary N) is 1. The molecule has 0 unspecified atom stereocenters. The molecule has 0 saturated heterocycles. The van der Waals surface area contributed by atoms with Crippen LogP contribution in [0, 0.1) is 11.7 Å². The van der Waals surface area contributed by atoms with Crippen LogP contribution in [0.15, 0.2) is 41.3 Å². The van der Waals surface area contributed by atoms with E-state index in [1.807, 2.05) is 13.8 Å². The smallest absolute Gasteiger partial charge is 0.341 e. The zero-order chi connectivity index (χ0) is 24.3. The van der Waals surface area contributed by atoms with Gasteiger partial charge in [-0.2, -0.15) is 0 Å². The number of benzene rings is 2. The van der Waals surface area contributed by atoms with Crippen LogP contribution in [-0.2, 0) is 6.42 Å². The SMILES string of the molecule is CC(C)[C@@H](CO)n1cc(C(=O)O)c(=O)c2cc(Cc3cccc(Cl)c3F)c(OCCN)cc21.Cl. The van der Waals surface area contributed by atoms with Crippen molar-refractivity contribution in [2.24, 2.45) is 11.7 Å². The van der Waals surface area contributed by atoms with Gasteiger partial charge in [-0.05, 0) is 29.2 Å². The van der Waals surface area contributed by atoms with Crippen LogP contribution in [0.3, 0.4) is 0 Å². The Bertz CT molecular complexity index is 1250. The fourth-order valence-corrected chi connectivity index (χ4v) is 3.99. The first-order valence-corrected chi connectivity index (χ1v) is 10.9. The highest BCUT2D eigenvalue weighted by molar-refractivity contribution is 6.30. The molecule has 2 aromatic carbocycles. The zero-order valence-corrected chi connectivity index (χ0v) is 20.3. The van der Waals surface area contributed by atoms with Gasteiger partial charge in [-0.1, -0.05) is 37.6 Å². The van der Waals surface area contributed by atoms with Crippen LogP contribution in [-0.4, -0.2) is 40.5 Å². The van der Waals surface area contributed by atoms with Crippen LogP contribution in [0.25, 0.3) is 10.9 Å². The highest BCUT2D eigenvalue weighted by atomic mass is 35.5. The number of halogens is 3. The Labute approximate surface area is 207 Å². The van der Waals surface area contributed by atoms with Gasteiger partial charge in [0.2, 0.25) is 5.43 Å². The summed E-state index contributed by atoms with van der Waals surface area (Å²) in [5.74, 6) is -1.64. The Balaban J connectivity index is 0.00000408. The lowest BCUT2D eigenvalue weighted by Gasteiger charge is -2.25. The van der Waals surface area contributed by atoms with Crippen LogP contribution in [0.2, 0.25) is 5.02 Å². The fourth-order valence-electron chi connectivity index (χ4n) is 3.80. The average molecular weight is 513 g/mol. The summed E-state index contributed by atoms with van der Waals surface area (Å²) >= 11 is 5.92. The van der Waals surface area contributed by atoms with Crippen molar-refractivity contribution in [1.82, 2.24) is 4.57 Å². The number of ether oxygens (including phenoxy) is 1. The standard InChI is InChI=1S/C24H26ClFN2O5.ClH/c1-13(2)20(12-29)28-11-17(24(31)32)23(30)16-9-15(21(10-19(16)28)33-7-6-27)8-14-4-3-5-18(25)22(14)26;/h3-5,9-11,13,20,29H,6-8,12,27H2,1-2H3,(H,31,32);1H/t20-;/m1./s1. The second kappa shape index (κ2) is 11.7. The molecule has 0 saturated carbocycles. The largest absolute Gasteiger partial charge is 0.492 e. The monoisotopic (exact) mass is 512 g/mol. The van der Waals surface area contributed by atoms with E-state index in [9.17, 15) is 24.2 Å². The van der Waals surface area contributed by atoms with Crippen molar-refractivity contribution in [2.45, 2.75) is 26.3 Å².